The van der Waals surface area contributed by atoms with Gasteiger partial charge in [0.1, 0.15) is 5.75 Å². The molecule has 0 aliphatic rings. The second kappa shape index (κ2) is 9.01. The van der Waals surface area contributed by atoms with Crippen LogP contribution in [0.4, 0.5) is 0 Å². The molecule has 0 aliphatic heterocycles. The molecule has 3 rings (SSSR count). The first-order valence-electron chi connectivity index (χ1n) is 9.22. The van der Waals surface area contributed by atoms with Gasteiger partial charge >= 0.3 is 0 Å². The Hall–Kier alpha value is -2.38. The quantitative estimate of drug-likeness (QED) is 0.540. The molecule has 144 valence electrons. The van der Waals surface area contributed by atoms with Gasteiger partial charge in [0.15, 0.2) is 0 Å². The van der Waals surface area contributed by atoms with Crippen molar-refractivity contribution >= 4 is 21.1 Å². The number of hydrogen-bond donors (Lipinski definition) is 1. The number of ether oxygens (including phenoxy) is 1. The second-order valence-corrected chi connectivity index (χ2v) is 8.12. The zero-order valence-electron chi connectivity index (χ0n) is 15.5. The monoisotopic (exact) mass is 387 g/mol. The van der Waals surface area contributed by atoms with Crippen LogP contribution in [0.2, 0.25) is 0 Å². The van der Waals surface area contributed by atoms with E-state index >= 15 is 0 Å². The number of para-hydroxylation sites is 2. The van der Waals surface area contributed by atoms with Crippen LogP contribution in [0, 0.1) is 0 Å². The number of unbranched alkanes of at least 4 members (excludes halogenated alkanes) is 1. The number of hydrogen-bond acceptors (Lipinski definition) is 4. The van der Waals surface area contributed by atoms with Crippen molar-refractivity contribution in [3.8, 4) is 5.75 Å². The summed E-state index contributed by atoms with van der Waals surface area (Å²) in [5.74, 6) is 0.689. The van der Waals surface area contributed by atoms with Gasteiger partial charge in [-0.05, 0) is 49.2 Å². The molecular weight excluding hydrogens is 362 g/mol. The lowest BCUT2D eigenvalue weighted by Crippen LogP contribution is -2.25. The summed E-state index contributed by atoms with van der Waals surface area (Å²) < 4.78 is 35.1. The Morgan fingerprint density at radius 1 is 1.07 bits per heavy atom. The van der Waals surface area contributed by atoms with Crippen LogP contribution in [-0.4, -0.2) is 31.1 Å². The Balaban J connectivity index is 1.51. The normalized spacial score (nSPS) is 11.7. The molecule has 0 saturated heterocycles. The van der Waals surface area contributed by atoms with Crippen molar-refractivity contribution in [2.75, 3.05) is 13.2 Å². The lowest BCUT2D eigenvalue weighted by atomic mass is 10.3. The van der Waals surface area contributed by atoms with Crippen LogP contribution in [0.5, 0.6) is 5.75 Å². The highest BCUT2D eigenvalue weighted by Gasteiger charge is 2.13. The molecule has 1 heterocycles. The minimum absolute atomic E-state index is 0.249. The molecule has 0 saturated carbocycles. The summed E-state index contributed by atoms with van der Waals surface area (Å²) in [5.41, 5.74) is 2.00. The molecule has 0 fully saturated rings. The van der Waals surface area contributed by atoms with E-state index in [4.69, 9.17) is 4.74 Å². The molecule has 3 aromatic rings. The average molecular weight is 388 g/mol. The molecule has 7 heteroatoms. The number of aryl methyl sites for hydroxylation is 1. The SMILES string of the molecule is CCCCOc1ccc(S(=O)(=O)NCCCn2cnc3ccccc32)cc1. The van der Waals surface area contributed by atoms with Gasteiger partial charge in [-0.15, -0.1) is 0 Å². The van der Waals surface area contributed by atoms with E-state index in [0.29, 0.717) is 31.9 Å². The molecule has 27 heavy (non-hydrogen) atoms. The van der Waals surface area contributed by atoms with Crippen molar-refractivity contribution in [2.24, 2.45) is 0 Å². The van der Waals surface area contributed by atoms with Crippen molar-refractivity contribution in [1.82, 2.24) is 14.3 Å². The van der Waals surface area contributed by atoms with E-state index in [-0.39, 0.29) is 4.90 Å². The summed E-state index contributed by atoms with van der Waals surface area (Å²) in [5, 5.41) is 0. The Kier molecular flexibility index (Phi) is 6.47. The van der Waals surface area contributed by atoms with E-state index in [9.17, 15) is 8.42 Å². The third kappa shape index (κ3) is 5.08. The van der Waals surface area contributed by atoms with Gasteiger partial charge in [0.05, 0.1) is 28.9 Å². The molecule has 2 aromatic carbocycles. The lowest BCUT2D eigenvalue weighted by molar-refractivity contribution is 0.309. The fraction of sp³-hybridized carbons (Fsp3) is 0.350. The van der Waals surface area contributed by atoms with Crippen LogP contribution >= 0.6 is 0 Å². The second-order valence-electron chi connectivity index (χ2n) is 6.35. The maximum Gasteiger partial charge on any atom is 0.240 e. The van der Waals surface area contributed by atoms with Gasteiger partial charge < -0.3 is 9.30 Å². The minimum atomic E-state index is -3.52. The molecule has 0 radical (unpaired) electrons. The third-order valence-corrected chi connectivity index (χ3v) is 5.77. The fourth-order valence-corrected chi connectivity index (χ4v) is 3.85. The Labute approximate surface area is 160 Å². The van der Waals surface area contributed by atoms with Crippen molar-refractivity contribution in [3.63, 3.8) is 0 Å². The van der Waals surface area contributed by atoms with E-state index in [0.717, 1.165) is 23.9 Å². The highest BCUT2D eigenvalue weighted by molar-refractivity contribution is 7.89. The largest absolute Gasteiger partial charge is 0.494 e. The standard InChI is InChI=1S/C20H25N3O3S/c1-2-3-15-26-17-9-11-18(12-10-17)27(24,25)22-13-6-14-23-16-21-19-7-4-5-8-20(19)23/h4-5,7-12,16,22H,2-3,6,13-15H2,1H3. The Morgan fingerprint density at radius 3 is 2.63 bits per heavy atom. The minimum Gasteiger partial charge on any atom is -0.494 e. The summed E-state index contributed by atoms with van der Waals surface area (Å²) >= 11 is 0. The summed E-state index contributed by atoms with van der Waals surface area (Å²) in [6.07, 6.45) is 4.51. The number of fused-ring (bicyclic) bond motifs is 1. The van der Waals surface area contributed by atoms with Gasteiger partial charge in [-0.2, -0.15) is 0 Å². The Bertz CT molecular complexity index is 966. The summed E-state index contributed by atoms with van der Waals surface area (Å²) in [6, 6.07) is 14.4. The molecular formula is C20H25N3O3S. The highest BCUT2D eigenvalue weighted by atomic mass is 32.2. The molecule has 1 aromatic heterocycles. The number of rotatable bonds is 10. The predicted octanol–water partition coefficient (Wildman–Crippen LogP) is 3.58. The lowest BCUT2D eigenvalue weighted by Gasteiger charge is -2.09. The van der Waals surface area contributed by atoms with E-state index in [1.165, 1.54) is 0 Å². The van der Waals surface area contributed by atoms with Gasteiger partial charge in [-0.3, -0.25) is 0 Å². The maximum atomic E-state index is 12.4. The smallest absolute Gasteiger partial charge is 0.240 e. The van der Waals surface area contributed by atoms with Crippen LogP contribution in [0.3, 0.4) is 0 Å². The van der Waals surface area contributed by atoms with Crippen molar-refractivity contribution in [2.45, 2.75) is 37.6 Å². The van der Waals surface area contributed by atoms with E-state index < -0.39 is 10.0 Å². The van der Waals surface area contributed by atoms with Crippen molar-refractivity contribution < 1.29 is 13.2 Å². The first-order chi connectivity index (χ1) is 13.1. The fourth-order valence-electron chi connectivity index (χ4n) is 2.78. The number of imidazole rings is 1. The van der Waals surface area contributed by atoms with E-state index in [2.05, 4.69) is 16.6 Å². The number of benzene rings is 2. The predicted molar refractivity (Wildman–Crippen MR) is 106 cm³/mol. The van der Waals surface area contributed by atoms with Gasteiger partial charge in [0.2, 0.25) is 10.0 Å². The zero-order chi connectivity index (χ0) is 19.1. The van der Waals surface area contributed by atoms with Gasteiger partial charge in [0, 0.05) is 13.1 Å². The van der Waals surface area contributed by atoms with Gasteiger partial charge in [0.25, 0.3) is 0 Å². The van der Waals surface area contributed by atoms with Crippen molar-refractivity contribution in [3.05, 3.63) is 54.9 Å². The highest BCUT2D eigenvalue weighted by Crippen LogP contribution is 2.16. The van der Waals surface area contributed by atoms with E-state index in [1.54, 1.807) is 30.6 Å². The third-order valence-electron chi connectivity index (χ3n) is 4.30. The van der Waals surface area contributed by atoms with Crippen LogP contribution in [0.15, 0.2) is 59.8 Å². The van der Waals surface area contributed by atoms with Crippen LogP contribution < -0.4 is 9.46 Å². The van der Waals surface area contributed by atoms with Crippen molar-refractivity contribution in [1.29, 1.82) is 0 Å². The van der Waals surface area contributed by atoms with Gasteiger partial charge in [-0.25, -0.2) is 18.1 Å². The molecule has 1 N–H and O–H groups in total. The molecule has 0 atom stereocenters. The zero-order valence-corrected chi connectivity index (χ0v) is 16.3. The number of sulfonamides is 1. The number of nitrogens with zero attached hydrogens (tertiary/aromatic N) is 2. The number of nitrogens with one attached hydrogen (secondary N) is 1. The summed E-state index contributed by atoms with van der Waals surface area (Å²) in [4.78, 5) is 4.59. The first-order valence-corrected chi connectivity index (χ1v) is 10.7. The maximum absolute atomic E-state index is 12.4. The molecule has 6 nitrogen and oxygen atoms in total. The molecule has 0 spiro atoms. The van der Waals surface area contributed by atoms with E-state index in [1.807, 2.05) is 28.8 Å². The molecule has 0 bridgehead atoms. The number of aromatic nitrogens is 2. The van der Waals surface area contributed by atoms with Crippen LogP contribution in [-0.2, 0) is 16.6 Å². The van der Waals surface area contributed by atoms with Crippen LogP contribution in [0.1, 0.15) is 26.2 Å². The average Bonchev–Trinajstić information content (AvgIpc) is 3.09. The Morgan fingerprint density at radius 2 is 1.85 bits per heavy atom. The molecule has 0 aliphatic carbocycles. The van der Waals surface area contributed by atoms with Crippen LogP contribution in [0.25, 0.3) is 11.0 Å². The topological polar surface area (TPSA) is 73.2 Å². The van der Waals surface area contributed by atoms with Gasteiger partial charge in [-0.1, -0.05) is 25.5 Å². The summed E-state index contributed by atoms with van der Waals surface area (Å²) in [6.45, 7) is 3.81. The first kappa shape index (κ1) is 19.4. The molecule has 0 amide bonds. The summed E-state index contributed by atoms with van der Waals surface area (Å²) in [7, 11) is -3.52. The molecule has 0 unspecified atom stereocenters.